The normalized spacial score (nSPS) is 23.0. The van der Waals surface area contributed by atoms with Crippen molar-refractivity contribution in [3.8, 4) is 0 Å². The van der Waals surface area contributed by atoms with Gasteiger partial charge in [-0.3, -0.25) is 4.68 Å². The Morgan fingerprint density at radius 3 is 3.23 bits per heavy atom. The first-order chi connectivity index (χ1) is 6.34. The molecule has 13 heavy (non-hydrogen) atoms. The number of nitrogens with one attached hydrogen (secondary N) is 1. The molecule has 1 unspecified atom stereocenters. The van der Waals surface area contributed by atoms with Crippen LogP contribution in [-0.2, 0) is 7.05 Å². The van der Waals surface area contributed by atoms with Crippen molar-refractivity contribution in [2.24, 2.45) is 7.05 Å². The quantitative estimate of drug-likeness (QED) is 0.783. The predicted molar refractivity (Wildman–Crippen MR) is 57.2 cm³/mol. The number of anilines is 1. The number of aryl methyl sites for hydroxylation is 1. The van der Waals surface area contributed by atoms with E-state index >= 15 is 0 Å². The van der Waals surface area contributed by atoms with E-state index in [4.69, 9.17) is 0 Å². The fourth-order valence-corrected chi connectivity index (χ4v) is 2.63. The van der Waals surface area contributed by atoms with Crippen LogP contribution in [0.1, 0.15) is 12.8 Å². The molecule has 72 valence electrons. The average molecular weight is 197 g/mol. The third kappa shape index (κ3) is 2.40. The van der Waals surface area contributed by atoms with E-state index in [2.05, 4.69) is 10.4 Å². The van der Waals surface area contributed by atoms with Crippen molar-refractivity contribution in [1.82, 2.24) is 9.78 Å². The molecule has 4 heteroatoms. The van der Waals surface area contributed by atoms with Crippen LogP contribution in [0, 0.1) is 0 Å². The molecule has 3 nitrogen and oxygen atoms in total. The van der Waals surface area contributed by atoms with Crippen LogP contribution in [0.4, 0.5) is 5.82 Å². The van der Waals surface area contributed by atoms with E-state index < -0.39 is 0 Å². The minimum atomic E-state index is 0.619. The highest BCUT2D eigenvalue weighted by atomic mass is 32.2. The lowest BCUT2D eigenvalue weighted by Gasteiger charge is -2.22. The molecule has 0 amide bonds. The first kappa shape index (κ1) is 8.94. The summed E-state index contributed by atoms with van der Waals surface area (Å²) < 4.78 is 1.83. The summed E-state index contributed by atoms with van der Waals surface area (Å²) in [5, 5.41) is 7.75. The molecule has 0 spiro atoms. The standard InChI is InChI=1S/C9H15N3S/c1-12-5-4-9(11-12)10-8-3-2-6-13-7-8/h4-5,8H,2-3,6-7H2,1H3,(H,10,11). The molecule has 2 heterocycles. The van der Waals surface area contributed by atoms with Crippen LogP contribution < -0.4 is 5.32 Å². The van der Waals surface area contributed by atoms with Gasteiger partial charge in [-0.25, -0.2) is 0 Å². The highest BCUT2D eigenvalue weighted by Gasteiger charge is 2.13. The fraction of sp³-hybridized carbons (Fsp3) is 0.667. The number of thioether (sulfide) groups is 1. The molecule has 1 saturated heterocycles. The maximum Gasteiger partial charge on any atom is 0.148 e. The summed E-state index contributed by atoms with van der Waals surface area (Å²) in [6.45, 7) is 0. The number of hydrogen-bond acceptors (Lipinski definition) is 3. The molecule has 1 aliphatic heterocycles. The van der Waals surface area contributed by atoms with E-state index in [1.807, 2.05) is 35.8 Å². The van der Waals surface area contributed by atoms with Crippen LogP contribution in [0.5, 0.6) is 0 Å². The summed E-state index contributed by atoms with van der Waals surface area (Å²) >= 11 is 2.03. The Kier molecular flexibility index (Phi) is 2.78. The van der Waals surface area contributed by atoms with Crippen LogP contribution in [-0.4, -0.2) is 27.3 Å². The molecule has 1 aliphatic rings. The van der Waals surface area contributed by atoms with Gasteiger partial charge in [-0.1, -0.05) is 0 Å². The predicted octanol–water partition coefficient (Wildman–Crippen LogP) is 1.73. The van der Waals surface area contributed by atoms with Crippen LogP contribution in [0.3, 0.4) is 0 Å². The lowest BCUT2D eigenvalue weighted by molar-refractivity contribution is 0.676. The Hall–Kier alpha value is -0.640. The maximum atomic E-state index is 4.30. The van der Waals surface area contributed by atoms with Gasteiger partial charge in [0.15, 0.2) is 0 Å². The molecule has 0 saturated carbocycles. The van der Waals surface area contributed by atoms with Gasteiger partial charge in [0, 0.05) is 31.1 Å². The molecule has 1 aromatic rings. The summed E-state index contributed by atoms with van der Waals surface area (Å²) in [6.07, 6.45) is 4.58. The van der Waals surface area contributed by atoms with Crippen LogP contribution in [0.25, 0.3) is 0 Å². The van der Waals surface area contributed by atoms with Gasteiger partial charge in [-0.2, -0.15) is 16.9 Å². The Morgan fingerprint density at radius 1 is 1.69 bits per heavy atom. The molecular weight excluding hydrogens is 182 g/mol. The SMILES string of the molecule is Cn1ccc(NC2CCCSC2)n1. The van der Waals surface area contributed by atoms with Gasteiger partial charge in [0.05, 0.1) is 0 Å². The summed E-state index contributed by atoms with van der Waals surface area (Å²) in [5.74, 6) is 3.55. The molecule has 0 aromatic carbocycles. The minimum absolute atomic E-state index is 0.619. The molecule has 0 aliphatic carbocycles. The van der Waals surface area contributed by atoms with E-state index in [0.29, 0.717) is 6.04 Å². The van der Waals surface area contributed by atoms with Crippen molar-refractivity contribution in [2.45, 2.75) is 18.9 Å². The monoisotopic (exact) mass is 197 g/mol. The minimum Gasteiger partial charge on any atom is -0.365 e. The first-order valence-electron chi connectivity index (χ1n) is 4.68. The molecule has 1 fully saturated rings. The second-order valence-electron chi connectivity index (χ2n) is 3.43. The van der Waals surface area contributed by atoms with E-state index in [9.17, 15) is 0 Å². The zero-order valence-electron chi connectivity index (χ0n) is 7.86. The van der Waals surface area contributed by atoms with Crippen molar-refractivity contribution in [1.29, 1.82) is 0 Å². The Bertz CT molecular complexity index is 266. The van der Waals surface area contributed by atoms with E-state index in [0.717, 1.165) is 5.82 Å². The molecule has 0 bridgehead atoms. The highest BCUT2D eigenvalue weighted by Crippen LogP contribution is 2.19. The lowest BCUT2D eigenvalue weighted by atomic mass is 10.2. The van der Waals surface area contributed by atoms with Gasteiger partial charge in [-0.15, -0.1) is 0 Å². The number of aromatic nitrogens is 2. The number of rotatable bonds is 2. The number of nitrogens with zero attached hydrogens (tertiary/aromatic N) is 2. The van der Waals surface area contributed by atoms with Crippen molar-refractivity contribution in [3.63, 3.8) is 0 Å². The van der Waals surface area contributed by atoms with E-state index in [1.165, 1.54) is 24.3 Å². The topological polar surface area (TPSA) is 29.9 Å². The average Bonchev–Trinajstić information content (AvgIpc) is 2.53. The second-order valence-corrected chi connectivity index (χ2v) is 4.58. The van der Waals surface area contributed by atoms with E-state index in [-0.39, 0.29) is 0 Å². The fourth-order valence-electron chi connectivity index (χ4n) is 1.56. The van der Waals surface area contributed by atoms with Gasteiger partial charge in [0.2, 0.25) is 0 Å². The van der Waals surface area contributed by atoms with Crippen molar-refractivity contribution < 1.29 is 0 Å². The summed E-state index contributed by atoms with van der Waals surface area (Å²) in [4.78, 5) is 0. The smallest absolute Gasteiger partial charge is 0.148 e. The maximum absolute atomic E-state index is 4.30. The van der Waals surface area contributed by atoms with Crippen molar-refractivity contribution >= 4 is 17.6 Å². The lowest BCUT2D eigenvalue weighted by Crippen LogP contribution is -2.25. The van der Waals surface area contributed by atoms with Crippen LogP contribution in [0.15, 0.2) is 12.3 Å². The van der Waals surface area contributed by atoms with Gasteiger partial charge in [-0.05, 0) is 18.6 Å². The molecule has 1 atom stereocenters. The Morgan fingerprint density at radius 2 is 2.62 bits per heavy atom. The van der Waals surface area contributed by atoms with Gasteiger partial charge >= 0.3 is 0 Å². The second kappa shape index (κ2) is 4.05. The molecule has 0 radical (unpaired) electrons. The molecule has 2 rings (SSSR count). The third-order valence-corrected chi connectivity index (χ3v) is 3.44. The van der Waals surface area contributed by atoms with Gasteiger partial charge < -0.3 is 5.32 Å². The molecule has 1 aromatic heterocycles. The third-order valence-electron chi connectivity index (χ3n) is 2.23. The summed E-state index contributed by atoms with van der Waals surface area (Å²) in [6, 6.07) is 2.65. The zero-order valence-corrected chi connectivity index (χ0v) is 8.68. The molecule has 1 N–H and O–H groups in total. The largest absolute Gasteiger partial charge is 0.365 e. The summed E-state index contributed by atoms with van der Waals surface area (Å²) in [5.41, 5.74) is 0. The van der Waals surface area contributed by atoms with Gasteiger partial charge in [0.25, 0.3) is 0 Å². The first-order valence-corrected chi connectivity index (χ1v) is 5.84. The number of hydrogen-bond donors (Lipinski definition) is 1. The zero-order chi connectivity index (χ0) is 9.10. The van der Waals surface area contributed by atoms with Crippen molar-refractivity contribution in [3.05, 3.63) is 12.3 Å². The Labute approximate surface area is 82.9 Å². The van der Waals surface area contributed by atoms with E-state index in [1.54, 1.807) is 0 Å². The van der Waals surface area contributed by atoms with Crippen LogP contribution in [0.2, 0.25) is 0 Å². The van der Waals surface area contributed by atoms with Crippen molar-refractivity contribution in [2.75, 3.05) is 16.8 Å². The highest BCUT2D eigenvalue weighted by molar-refractivity contribution is 7.99. The molecular formula is C9H15N3S. The van der Waals surface area contributed by atoms with Gasteiger partial charge in [0.1, 0.15) is 5.82 Å². The Balaban J connectivity index is 1.89. The van der Waals surface area contributed by atoms with Crippen LogP contribution >= 0.6 is 11.8 Å². The summed E-state index contributed by atoms with van der Waals surface area (Å²) in [7, 11) is 1.95.